The molecule has 3 aromatic rings. The largest absolute Gasteiger partial charge is 0.466 e. The zero-order chi connectivity index (χ0) is 13.9. The minimum atomic E-state index is -0.735. The predicted molar refractivity (Wildman–Crippen MR) is 70.3 cm³/mol. The standard InChI is InChI=1S/C15H10O5/c16-14(19-9-11-5-3-7-18-11)12-8-10-4-1-2-6-13(10)20-15(12)17/h1-8H,9H2. The highest BCUT2D eigenvalue weighted by molar-refractivity contribution is 5.92. The number of benzene rings is 1. The highest BCUT2D eigenvalue weighted by Crippen LogP contribution is 2.13. The van der Waals surface area contributed by atoms with Gasteiger partial charge in [-0.15, -0.1) is 0 Å². The van der Waals surface area contributed by atoms with Gasteiger partial charge < -0.3 is 13.6 Å². The molecule has 2 heterocycles. The van der Waals surface area contributed by atoms with Crippen LogP contribution >= 0.6 is 0 Å². The molecule has 0 N–H and O–H groups in total. The van der Waals surface area contributed by atoms with E-state index < -0.39 is 11.6 Å². The van der Waals surface area contributed by atoms with E-state index >= 15 is 0 Å². The fraction of sp³-hybridized carbons (Fsp3) is 0.0667. The van der Waals surface area contributed by atoms with Crippen LogP contribution in [0.1, 0.15) is 16.1 Å². The third-order valence-electron chi connectivity index (χ3n) is 2.79. The van der Waals surface area contributed by atoms with Crippen LogP contribution < -0.4 is 5.63 Å². The minimum Gasteiger partial charge on any atom is -0.466 e. The van der Waals surface area contributed by atoms with Crippen molar-refractivity contribution >= 4 is 16.9 Å². The average Bonchev–Trinajstić information content (AvgIpc) is 2.97. The van der Waals surface area contributed by atoms with Crippen molar-refractivity contribution in [3.05, 3.63) is 70.5 Å². The Morgan fingerprint density at radius 1 is 1.15 bits per heavy atom. The Hall–Kier alpha value is -2.82. The number of hydrogen-bond acceptors (Lipinski definition) is 5. The Bertz CT molecular complexity index is 798. The Morgan fingerprint density at radius 3 is 2.80 bits per heavy atom. The number of esters is 1. The first-order valence-electron chi connectivity index (χ1n) is 5.96. The summed E-state index contributed by atoms with van der Waals surface area (Å²) in [6.07, 6.45) is 1.48. The molecule has 1 aromatic carbocycles. The van der Waals surface area contributed by atoms with Crippen LogP contribution in [0.3, 0.4) is 0 Å². The molecule has 5 heteroatoms. The lowest BCUT2D eigenvalue weighted by atomic mass is 10.2. The lowest BCUT2D eigenvalue weighted by Crippen LogP contribution is -2.16. The third-order valence-corrected chi connectivity index (χ3v) is 2.79. The molecule has 0 aliphatic rings. The summed E-state index contributed by atoms with van der Waals surface area (Å²) in [5.41, 5.74) is -0.413. The topological polar surface area (TPSA) is 69.7 Å². The molecule has 5 nitrogen and oxygen atoms in total. The van der Waals surface area contributed by atoms with Crippen LogP contribution in [-0.4, -0.2) is 5.97 Å². The van der Waals surface area contributed by atoms with Gasteiger partial charge in [0.25, 0.3) is 0 Å². The van der Waals surface area contributed by atoms with Gasteiger partial charge in [0.1, 0.15) is 23.5 Å². The van der Waals surface area contributed by atoms with Crippen LogP contribution in [0, 0.1) is 0 Å². The molecule has 2 aromatic heterocycles. The van der Waals surface area contributed by atoms with Gasteiger partial charge in [-0.1, -0.05) is 18.2 Å². The van der Waals surface area contributed by atoms with Crippen molar-refractivity contribution in [2.24, 2.45) is 0 Å². The number of fused-ring (bicyclic) bond motifs is 1. The van der Waals surface area contributed by atoms with Gasteiger partial charge in [-0.3, -0.25) is 0 Å². The van der Waals surface area contributed by atoms with E-state index in [0.29, 0.717) is 16.7 Å². The molecule has 0 spiro atoms. The molecule has 0 aliphatic heterocycles. The van der Waals surface area contributed by atoms with Crippen LogP contribution in [0.2, 0.25) is 0 Å². The first-order valence-corrected chi connectivity index (χ1v) is 5.96. The average molecular weight is 270 g/mol. The molecule has 100 valence electrons. The SMILES string of the molecule is O=C(OCc1ccco1)c1cc2ccccc2oc1=O. The second-order valence-corrected chi connectivity index (χ2v) is 4.14. The lowest BCUT2D eigenvalue weighted by molar-refractivity contribution is 0.0441. The second kappa shape index (κ2) is 5.05. The third kappa shape index (κ3) is 2.33. The highest BCUT2D eigenvalue weighted by atomic mass is 16.5. The number of para-hydroxylation sites is 1. The first kappa shape index (κ1) is 12.2. The summed E-state index contributed by atoms with van der Waals surface area (Å²) in [6.45, 7) is -0.0297. The van der Waals surface area contributed by atoms with Crippen LogP contribution in [0.15, 0.2) is 62.4 Å². The molecule has 0 radical (unpaired) electrons. The normalized spacial score (nSPS) is 10.6. The van der Waals surface area contributed by atoms with Gasteiger partial charge in [-0.2, -0.15) is 0 Å². The zero-order valence-electron chi connectivity index (χ0n) is 10.4. The molecule has 0 bridgehead atoms. The van der Waals surface area contributed by atoms with Crippen LogP contribution in [0.5, 0.6) is 0 Å². The van der Waals surface area contributed by atoms with Gasteiger partial charge in [0.15, 0.2) is 0 Å². The molecule has 0 atom stereocenters. The van der Waals surface area contributed by atoms with Crippen molar-refractivity contribution in [3.8, 4) is 0 Å². The molecular weight excluding hydrogens is 260 g/mol. The maximum atomic E-state index is 11.9. The molecule has 0 unspecified atom stereocenters. The molecular formula is C15H10O5. The van der Waals surface area contributed by atoms with E-state index in [-0.39, 0.29) is 12.2 Å². The zero-order valence-corrected chi connectivity index (χ0v) is 10.4. The van der Waals surface area contributed by atoms with Crippen molar-refractivity contribution in [2.75, 3.05) is 0 Å². The molecule has 0 saturated heterocycles. The van der Waals surface area contributed by atoms with Crippen molar-refractivity contribution in [3.63, 3.8) is 0 Å². The summed E-state index contributed by atoms with van der Waals surface area (Å²) in [7, 11) is 0. The quantitative estimate of drug-likeness (QED) is 0.540. The van der Waals surface area contributed by atoms with E-state index in [2.05, 4.69) is 0 Å². The minimum absolute atomic E-state index is 0.0297. The monoisotopic (exact) mass is 270 g/mol. The molecule has 0 saturated carbocycles. The number of carbonyl (C=O) groups is 1. The predicted octanol–water partition coefficient (Wildman–Crippen LogP) is 2.74. The fourth-order valence-electron chi connectivity index (χ4n) is 1.81. The van der Waals surface area contributed by atoms with E-state index in [4.69, 9.17) is 13.6 Å². The molecule has 0 amide bonds. The highest BCUT2D eigenvalue weighted by Gasteiger charge is 2.15. The van der Waals surface area contributed by atoms with Crippen LogP contribution in [0.25, 0.3) is 11.0 Å². The van der Waals surface area contributed by atoms with Gasteiger partial charge in [0.05, 0.1) is 6.26 Å². The number of furan rings is 1. The van der Waals surface area contributed by atoms with Crippen molar-refractivity contribution in [1.82, 2.24) is 0 Å². The Labute approximate surface area is 113 Å². The number of hydrogen-bond donors (Lipinski definition) is 0. The van der Waals surface area contributed by atoms with E-state index in [1.807, 2.05) is 0 Å². The maximum Gasteiger partial charge on any atom is 0.351 e. The van der Waals surface area contributed by atoms with E-state index in [1.165, 1.54) is 12.3 Å². The summed E-state index contributed by atoms with van der Waals surface area (Å²) in [5, 5.41) is 0.664. The number of rotatable bonds is 3. The Balaban J connectivity index is 1.87. The van der Waals surface area contributed by atoms with Crippen molar-refractivity contribution < 1.29 is 18.4 Å². The molecule has 20 heavy (non-hydrogen) atoms. The van der Waals surface area contributed by atoms with Gasteiger partial charge in [-0.25, -0.2) is 9.59 Å². The summed E-state index contributed by atoms with van der Waals surface area (Å²) >= 11 is 0. The molecule has 0 aliphatic carbocycles. The van der Waals surface area contributed by atoms with Gasteiger partial charge in [0, 0.05) is 5.39 Å². The number of ether oxygens (including phenoxy) is 1. The van der Waals surface area contributed by atoms with Gasteiger partial charge >= 0.3 is 11.6 Å². The van der Waals surface area contributed by atoms with E-state index in [9.17, 15) is 9.59 Å². The fourth-order valence-corrected chi connectivity index (χ4v) is 1.81. The van der Waals surface area contributed by atoms with Gasteiger partial charge in [0.2, 0.25) is 0 Å². The molecule has 0 fully saturated rings. The Kier molecular flexibility index (Phi) is 3.09. The lowest BCUT2D eigenvalue weighted by Gasteiger charge is -2.03. The maximum absolute atomic E-state index is 11.9. The van der Waals surface area contributed by atoms with Crippen molar-refractivity contribution in [2.45, 2.75) is 6.61 Å². The summed E-state index contributed by atoms with van der Waals surface area (Å²) in [5.74, 6) is -0.232. The first-order chi connectivity index (χ1) is 9.74. The summed E-state index contributed by atoms with van der Waals surface area (Å²) in [4.78, 5) is 23.6. The number of carbonyl (C=O) groups excluding carboxylic acids is 1. The van der Waals surface area contributed by atoms with Crippen LogP contribution in [-0.2, 0) is 11.3 Å². The molecule has 3 rings (SSSR count). The summed E-state index contributed by atoms with van der Waals surface area (Å²) in [6, 6.07) is 11.8. The van der Waals surface area contributed by atoms with Crippen molar-refractivity contribution in [1.29, 1.82) is 0 Å². The van der Waals surface area contributed by atoms with E-state index in [1.54, 1.807) is 36.4 Å². The van der Waals surface area contributed by atoms with Crippen LogP contribution in [0.4, 0.5) is 0 Å². The summed E-state index contributed by atoms with van der Waals surface area (Å²) < 4.78 is 15.1. The van der Waals surface area contributed by atoms with Gasteiger partial charge in [-0.05, 0) is 24.3 Å². The van der Waals surface area contributed by atoms with E-state index in [0.717, 1.165) is 0 Å². The Morgan fingerprint density at radius 2 is 2.00 bits per heavy atom. The smallest absolute Gasteiger partial charge is 0.351 e. The second-order valence-electron chi connectivity index (χ2n) is 4.14.